The van der Waals surface area contributed by atoms with Crippen molar-refractivity contribution >= 4 is 40.8 Å². The van der Waals surface area contributed by atoms with E-state index >= 15 is 0 Å². The largest absolute Gasteiger partial charge is 0.370 e. The summed E-state index contributed by atoms with van der Waals surface area (Å²) in [4.78, 5) is 19.6. The van der Waals surface area contributed by atoms with Crippen molar-refractivity contribution < 1.29 is 4.79 Å². The lowest BCUT2D eigenvalue weighted by Crippen LogP contribution is -2.50. The number of benzene rings is 3. The average molecular weight is 579 g/mol. The molecule has 3 aromatic carbocycles. The number of rotatable bonds is 7. The van der Waals surface area contributed by atoms with Gasteiger partial charge in [-0.2, -0.15) is 0 Å². The molecule has 40 heavy (non-hydrogen) atoms. The first-order valence-corrected chi connectivity index (χ1v) is 14.9. The molecule has 1 saturated carbocycles. The van der Waals surface area contributed by atoms with Gasteiger partial charge in [0.1, 0.15) is 0 Å². The Labute approximate surface area is 247 Å². The summed E-state index contributed by atoms with van der Waals surface area (Å²) < 4.78 is 0. The van der Waals surface area contributed by atoms with Crippen molar-refractivity contribution in [2.45, 2.75) is 56.5 Å². The van der Waals surface area contributed by atoms with E-state index in [1.165, 1.54) is 24.8 Å². The molecule has 0 bridgehead atoms. The van der Waals surface area contributed by atoms with Gasteiger partial charge in [-0.25, -0.2) is 4.99 Å². The predicted octanol–water partition coefficient (Wildman–Crippen LogP) is 6.75. The third-order valence-electron chi connectivity index (χ3n) is 7.87. The van der Waals surface area contributed by atoms with Gasteiger partial charge in [0.2, 0.25) is 5.91 Å². The van der Waals surface area contributed by atoms with E-state index in [0.717, 1.165) is 55.2 Å². The van der Waals surface area contributed by atoms with Crippen molar-refractivity contribution in [3.05, 3.63) is 99.5 Å². The number of piperazine rings is 1. The van der Waals surface area contributed by atoms with Crippen molar-refractivity contribution in [3.8, 4) is 0 Å². The summed E-state index contributed by atoms with van der Waals surface area (Å²) in [6.07, 6.45) is 6.19. The molecule has 8 heteroatoms. The molecule has 4 N–H and O–H groups in total. The lowest BCUT2D eigenvalue weighted by atomic mass is 9.88. The summed E-state index contributed by atoms with van der Waals surface area (Å²) >= 11 is 12.6. The topological polar surface area (TPSA) is 82.8 Å². The van der Waals surface area contributed by atoms with E-state index in [1.54, 1.807) is 12.1 Å². The molecule has 2 fully saturated rings. The van der Waals surface area contributed by atoms with Gasteiger partial charge in [-0.05, 0) is 53.8 Å². The summed E-state index contributed by atoms with van der Waals surface area (Å²) in [6, 6.07) is 24.7. The van der Waals surface area contributed by atoms with Gasteiger partial charge in [0.25, 0.3) is 0 Å². The molecule has 6 nitrogen and oxygen atoms in total. The molecule has 0 spiro atoms. The standard InChI is InChI=1S/C32H37Cl2N5O/c33-24-13-16-27(29(34)19-24)28(20-31(35)40)22-11-14-26(15-12-22)38-32(37-25-9-5-2-6-10-25)39-18-17-36-30(21-39)23-7-3-1-4-8-23/h1,3-4,7-8,11-16,19,25,28,30,36H,2,5-6,9-10,17-18,20-21H2,(H2,35,40)(H,37,38). The number of amides is 1. The van der Waals surface area contributed by atoms with Crippen LogP contribution in [0, 0.1) is 0 Å². The Morgan fingerprint density at radius 2 is 1.77 bits per heavy atom. The highest BCUT2D eigenvalue weighted by molar-refractivity contribution is 6.35. The van der Waals surface area contributed by atoms with E-state index in [1.807, 2.05) is 30.3 Å². The molecular formula is C32H37Cl2N5O. The van der Waals surface area contributed by atoms with Gasteiger partial charge in [0, 0.05) is 53.7 Å². The van der Waals surface area contributed by atoms with Gasteiger partial charge in [0.05, 0.1) is 6.04 Å². The fraction of sp³-hybridized carbons (Fsp3) is 0.375. The third kappa shape index (κ3) is 7.36. The highest BCUT2D eigenvalue weighted by Crippen LogP contribution is 2.35. The fourth-order valence-corrected chi connectivity index (χ4v) is 6.29. The SMILES string of the molecule is NC(=O)CC(c1ccc(N/C(=N/C2CCCCC2)N2CCNC(c3ccccc3)C2)cc1)c1ccc(Cl)cc1Cl. The first-order chi connectivity index (χ1) is 19.5. The summed E-state index contributed by atoms with van der Waals surface area (Å²) in [7, 11) is 0. The Hall–Kier alpha value is -3.06. The van der Waals surface area contributed by atoms with Gasteiger partial charge in [-0.15, -0.1) is 0 Å². The number of aliphatic imine (C=N–C) groups is 1. The minimum atomic E-state index is -0.383. The van der Waals surface area contributed by atoms with E-state index in [0.29, 0.717) is 16.1 Å². The van der Waals surface area contributed by atoms with E-state index in [9.17, 15) is 4.79 Å². The number of anilines is 1. The number of guanidine groups is 1. The second-order valence-electron chi connectivity index (χ2n) is 10.7. The molecule has 210 valence electrons. The number of carbonyl (C=O) groups excluding carboxylic acids is 1. The monoisotopic (exact) mass is 577 g/mol. The van der Waals surface area contributed by atoms with Crippen LogP contribution in [0.5, 0.6) is 0 Å². The number of nitrogens with one attached hydrogen (secondary N) is 2. The van der Waals surface area contributed by atoms with Crippen LogP contribution in [0.25, 0.3) is 0 Å². The van der Waals surface area contributed by atoms with Crippen LogP contribution >= 0.6 is 23.2 Å². The van der Waals surface area contributed by atoms with E-state index in [4.69, 9.17) is 33.9 Å². The quantitative estimate of drug-likeness (QED) is 0.214. The number of primary amides is 1. The van der Waals surface area contributed by atoms with Crippen LogP contribution in [-0.4, -0.2) is 42.4 Å². The van der Waals surface area contributed by atoms with Crippen LogP contribution in [0.2, 0.25) is 10.0 Å². The average Bonchev–Trinajstić information content (AvgIpc) is 2.97. The normalized spacial score (nSPS) is 19.3. The number of carbonyl (C=O) groups is 1. The summed E-state index contributed by atoms with van der Waals surface area (Å²) in [5.74, 6) is 0.287. The van der Waals surface area contributed by atoms with Crippen LogP contribution in [0.4, 0.5) is 5.69 Å². The minimum absolute atomic E-state index is 0.157. The fourth-order valence-electron chi connectivity index (χ4n) is 5.75. The maximum Gasteiger partial charge on any atom is 0.218 e. The number of hydrogen-bond acceptors (Lipinski definition) is 3. The molecule has 1 aliphatic carbocycles. The molecule has 1 saturated heterocycles. The van der Waals surface area contributed by atoms with Crippen molar-refractivity contribution in [2.75, 3.05) is 25.0 Å². The lowest BCUT2D eigenvalue weighted by Gasteiger charge is -2.37. The summed E-state index contributed by atoms with van der Waals surface area (Å²) in [5.41, 5.74) is 9.66. The van der Waals surface area contributed by atoms with Gasteiger partial charge in [0.15, 0.2) is 5.96 Å². The molecule has 1 aliphatic heterocycles. The van der Waals surface area contributed by atoms with Crippen LogP contribution in [0.3, 0.4) is 0 Å². The number of nitrogens with zero attached hydrogens (tertiary/aromatic N) is 2. The zero-order chi connectivity index (χ0) is 27.9. The van der Waals surface area contributed by atoms with E-state index in [-0.39, 0.29) is 24.3 Å². The summed E-state index contributed by atoms with van der Waals surface area (Å²) in [5, 5.41) is 8.39. The first-order valence-electron chi connectivity index (χ1n) is 14.2. The zero-order valence-electron chi connectivity index (χ0n) is 22.7. The highest BCUT2D eigenvalue weighted by Gasteiger charge is 2.25. The minimum Gasteiger partial charge on any atom is -0.370 e. The number of halogens is 2. The Morgan fingerprint density at radius 1 is 1.02 bits per heavy atom. The van der Waals surface area contributed by atoms with Crippen molar-refractivity contribution in [3.63, 3.8) is 0 Å². The molecular weight excluding hydrogens is 541 g/mol. The Kier molecular flexibility index (Phi) is 9.63. The second-order valence-corrected chi connectivity index (χ2v) is 11.6. The molecule has 2 aliphatic rings. The van der Waals surface area contributed by atoms with Gasteiger partial charge < -0.3 is 21.3 Å². The molecule has 3 aromatic rings. The van der Waals surface area contributed by atoms with Gasteiger partial charge >= 0.3 is 0 Å². The van der Waals surface area contributed by atoms with Crippen molar-refractivity contribution in [1.29, 1.82) is 0 Å². The maximum atomic E-state index is 12.0. The second kappa shape index (κ2) is 13.5. The molecule has 1 amide bonds. The smallest absolute Gasteiger partial charge is 0.218 e. The molecule has 2 unspecified atom stereocenters. The Morgan fingerprint density at radius 3 is 2.48 bits per heavy atom. The first kappa shape index (κ1) is 28.5. The third-order valence-corrected chi connectivity index (χ3v) is 8.43. The Balaban J connectivity index is 1.38. The number of hydrogen-bond donors (Lipinski definition) is 3. The zero-order valence-corrected chi connectivity index (χ0v) is 24.2. The molecule has 0 radical (unpaired) electrons. The predicted molar refractivity (Wildman–Crippen MR) is 165 cm³/mol. The summed E-state index contributed by atoms with van der Waals surface area (Å²) in [6.45, 7) is 2.62. The van der Waals surface area contributed by atoms with E-state index in [2.05, 4.69) is 45.9 Å². The Bertz CT molecular complexity index is 1310. The van der Waals surface area contributed by atoms with Crippen LogP contribution < -0.4 is 16.4 Å². The van der Waals surface area contributed by atoms with Gasteiger partial charge in [-0.3, -0.25) is 4.79 Å². The molecule has 1 heterocycles. The van der Waals surface area contributed by atoms with Crippen molar-refractivity contribution in [2.24, 2.45) is 10.7 Å². The van der Waals surface area contributed by atoms with E-state index < -0.39 is 0 Å². The van der Waals surface area contributed by atoms with Crippen LogP contribution in [-0.2, 0) is 4.79 Å². The van der Waals surface area contributed by atoms with Gasteiger partial charge in [-0.1, -0.05) is 91.0 Å². The molecule has 5 rings (SSSR count). The lowest BCUT2D eigenvalue weighted by molar-refractivity contribution is -0.118. The van der Waals surface area contributed by atoms with Crippen LogP contribution in [0.1, 0.15) is 67.2 Å². The maximum absolute atomic E-state index is 12.0. The number of nitrogens with two attached hydrogens (primary N) is 1. The highest BCUT2D eigenvalue weighted by atomic mass is 35.5. The molecule has 2 atom stereocenters. The van der Waals surface area contributed by atoms with Crippen molar-refractivity contribution in [1.82, 2.24) is 10.2 Å². The molecule has 0 aromatic heterocycles. The van der Waals surface area contributed by atoms with Crippen LogP contribution in [0.15, 0.2) is 77.8 Å².